The van der Waals surface area contributed by atoms with E-state index in [1.165, 1.54) is 17.8 Å². The molecule has 5 heteroatoms. The maximum Gasteiger partial charge on any atom is 0.416 e. The molecule has 1 aromatic carbocycles. The van der Waals surface area contributed by atoms with Gasteiger partial charge >= 0.3 is 6.18 Å². The summed E-state index contributed by atoms with van der Waals surface area (Å²) in [5.74, 6) is 0. The van der Waals surface area contributed by atoms with Gasteiger partial charge in [0.2, 0.25) is 0 Å². The molecule has 1 aliphatic rings. The second-order valence-electron chi connectivity index (χ2n) is 4.13. The molecule has 0 saturated heterocycles. The summed E-state index contributed by atoms with van der Waals surface area (Å²) in [6.07, 6.45) is -1.91. The van der Waals surface area contributed by atoms with Gasteiger partial charge in [-0.15, -0.1) is 11.8 Å². The predicted octanol–water partition coefficient (Wildman–Crippen LogP) is 3.49. The lowest BCUT2D eigenvalue weighted by Gasteiger charge is -2.07. The van der Waals surface area contributed by atoms with Crippen LogP contribution in [0.15, 0.2) is 23.1 Å². The monoisotopic (exact) mass is 262 g/mol. The Bertz CT molecular complexity index is 403. The van der Waals surface area contributed by atoms with E-state index in [9.17, 15) is 13.2 Å². The van der Waals surface area contributed by atoms with E-state index in [2.05, 4.69) is 0 Å². The maximum atomic E-state index is 12.5. The van der Waals surface area contributed by atoms with E-state index in [-0.39, 0.29) is 6.61 Å². The van der Waals surface area contributed by atoms with Crippen molar-refractivity contribution in [3.8, 4) is 0 Å². The fraction of sp³-hybridized carbons (Fsp3) is 0.500. The van der Waals surface area contributed by atoms with Gasteiger partial charge in [-0.3, -0.25) is 0 Å². The molecule has 1 heterocycles. The van der Waals surface area contributed by atoms with E-state index in [0.29, 0.717) is 11.7 Å². The van der Waals surface area contributed by atoms with Crippen molar-refractivity contribution in [3.63, 3.8) is 0 Å². The van der Waals surface area contributed by atoms with Gasteiger partial charge in [0.1, 0.15) is 0 Å². The fourth-order valence-electron chi connectivity index (χ4n) is 1.96. The number of hydrogen-bond donors (Lipinski definition) is 1. The Kier molecular flexibility index (Phi) is 3.68. The van der Waals surface area contributed by atoms with Crippen LogP contribution in [0.3, 0.4) is 0 Å². The molecule has 1 nitrogen and oxygen atoms in total. The lowest BCUT2D eigenvalue weighted by molar-refractivity contribution is -0.137. The molecule has 0 spiro atoms. The topological polar surface area (TPSA) is 20.2 Å². The van der Waals surface area contributed by atoms with Crippen molar-refractivity contribution in [2.45, 2.75) is 35.6 Å². The average Bonchev–Trinajstić information content (AvgIpc) is 2.66. The maximum absolute atomic E-state index is 12.5. The van der Waals surface area contributed by atoms with Gasteiger partial charge in [-0.1, -0.05) is 6.07 Å². The van der Waals surface area contributed by atoms with Crippen molar-refractivity contribution >= 4 is 11.8 Å². The van der Waals surface area contributed by atoms with Gasteiger partial charge in [0.05, 0.1) is 5.56 Å². The van der Waals surface area contributed by atoms with Crippen LogP contribution in [0, 0.1) is 0 Å². The number of rotatable bonds is 3. The van der Waals surface area contributed by atoms with Crippen molar-refractivity contribution in [3.05, 3.63) is 29.3 Å². The third-order valence-electron chi connectivity index (χ3n) is 2.82. The van der Waals surface area contributed by atoms with Crippen LogP contribution >= 0.6 is 11.8 Å². The molecule has 1 aliphatic heterocycles. The molecule has 1 N–H and O–H groups in total. The Morgan fingerprint density at radius 3 is 2.76 bits per heavy atom. The van der Waals surface area contributed by atoms with Crippen LogP contribution in [-0.2, 0) is 12.6 Å². The molecule has 0 aromatic heterocycles. The van der Waals surface area contributed by atoms with E-state index in [4.69, 9.17) is 5.11 Å². The van der Waals surface area contributed by atoms with Crippen LogP contribution in [0.1, 0.15) is 24.0 Å². The molecule has 1 unspecified atom stereocenters. The van der Waals surface area contributed by atoms with Crippen molar-refractivity contribution in [1.29, 1.82) is 0 Å². The molecule has 0 bridgehead atoms. The van der Waals surface area contributed by atoms with Crippen molar-refractivity contribution < 1.29 is 18.3 Å². The normalized spacial score (nSPS) is 19.4. The zero-order valence-corrected chi connectivity index (χ0v) is 9.94. The largest absolute Gasteiger partial charge is 0.416 e. The third-order valence-corrected chi connectivity index (χ3v) is 4.19. The van der Waals surface area contributed by atoms with Crippen LogP contribution < -0.4 is 0 Å². The lowest BCUT2D eigenvalue weighted by Crippen LogP contribution is -2.04. The van der Waals surface area contributed by atoms with E-state index >= 15 is 0 Å². The van der Waals surface area contributed by atoms with Crippen molar-refractivity contribution in [1.82, 2.24) is 0 Å². The fourth-order valence-corrected chi connectivity index (χ4v) is 3.36. The zero-order valence-electron chi connectivity index (χ0n) is 9.13. The van der Waals surface area contributed by atoms with Crippen LogP contribution in [-0.4, -0.2) is 17.0 Å². The summed E-state index contributed by atoms with van der Waals surface area (Å²) >= 11 is 1.50. The first-order valence-electron chi connectivity index (χ1n) is 5.48. The number of alkyl halides is 3. The lowest BCUT2D eigenvalue weighted by atomic mass is 10.1. The highest BCUT2D eigenvalue weighted by Crippen LogP contribution is 2.42. The number of benzene rings is 1. The van der Waals surface area contributed by atoms with Crippen LogP contribution in [0.5, 0.6) is 0 Å². The van der Waals surface area contributed by atoms with Gasteiger partial charge in [-0.25, -0.2) is 0 Å². The molecule has 1 aromatic rings. The molecule has 2 rings (SSSR count). The molecular weight excluding hydrogens is 249 g/mol. The minimum Gasteiger partial charge on any atom is -0.396 e. The number of aliphatic hydroxyl groups excluding tert-OH is 1. The Balaban J connectivity index is 2.11. The molecular formula is C12H13F3OS. The highest BCUT2D eigenvalue weighted by atomic mass is 32.2. The van der Waals surface area contributed by atoms with Crippen molar-refractivity contribution in [2.24, 2.45) is 0 Å². The number of fused-ring (bicyclic) bond motifs is 1. The summed E-state index contributed by atoms with van der Waals surface area (Å²) in [7, 11) is 0. The summed E-state index contributed by atoms with van der Waals surface area (Å²) < 4.78 is 37.5. The summed E-state index contributed by atoms with van der Waals surface area (Å²) in [5, 5.41) is 9.04. The molecule has 0 aliphatic carbocycles. The summed E-state index contributed by atoms with van der Waals surface area (Å²) in [6, 6.07) is 3.96. The molecule has 94 valence electrons. The van der Waals surface area contributed by atoms with E-state index in [1.54, 1.807) is 6.07 Å². The second kappa shape index (κ2) is 4.90. The van der Waals surface area contributed by atoms with E-state index < -0.39 is 11.7 Å². The van der Waals surface area contributed by atoms with Gasteiger partial charge in [0.25, 0.3) is 0 Å². The van der Waals surface area contributed by atoms with Gasteiger partial charge < -0.3 is 5.11 Å². The molecule has 17 heavy (non-hydrogen) atoms. The summed E-state index contributed by atoms with van der Waals surface area (Å²) in [6.45, 7) is 0.140. The molecule has 0 saturated carbocycles. The molecule has 0 amide bonds. The standard InChI is InChI=1S/C12H13F3OS/c13-12(14,15)9-4-3-8-6-10(2-1-5-16)17-11(8)7-9/h3-4,7,10,16H,1-2,5-6H2. The first-order chi connectivity index (χ1) is 8.00. The molecule has 1 atom stereocenters. The van der Waals surface area contributed by atoms with Gasteiger partial charge in [0.15, 0.2) is 0 Å². The first-order valence-corrected chi connectivity index (χ1v) is 6.36. The third kappa shape index (κ3) is 2.96. The Morgan fingerprint density at radius 1 is 1.35 bits per heavy atom. The smallest absolute Gasteiger partial charge is 0.396 e. The van der Waals surface area contributed by atoms with Crippen LogP contribution in [0.2, 0.25) is 0 Å². The van der Waals surface area contributed by atoms with Crippen LogP contribution in [0.25, 0.3) is 0 Å². The Morgan fingerprint density at radius 2 is 2.12 bits per heavy atom. The molecule has 0 fully saturated rings. The number of thioether (sulfide) groups is 1. The predicted molar refractivity (Wildman–Crippen MR) is 61.1 cm³/mol. The zero-order chi connectivity index (χ0) is 12.5. The Hall–Kier alpha value is -0.680. The van der Waals surface area contributed by atoms with E-state index in [0.717, 1.165) is 29.4 Å². The highest BCUT2D eigenvalue weighted by Gasteiger charge is 2.32. The summed E-state index contributed by atoms with van der Waals surface area (Å²) in [4.78, 5) is 0.739. The number of hydrogen-bond acceptors (Lipinski definition) is 2. The van der Waals surface area contributed by atoms with Crippen molar-refractivity contribution in [2.75, 3.05) is 6.61 Å². The SMILES string of the molecule is OCCCC1Cc2ccc(C(F)(F)F)cc2S1. The van der Waals surface area contributed by atoms with Crippen LogP contribution in [0.4, 0.5) is 13.2 Å². The van der Waals surface area contributed by atoms with Gasteiger partial charge in [0, 0.05) is 16.8 Å². The average molecular weight is 262 g/mol. The number of halogens is 3. The molecule has 0 radical (unpaired) electrons. The highest BCUT2D eigenvalue weighted by molar-refractivity contribution is 8.00. The van der Waals surface area contributed by atoms with Gasteiger partial charge in [-0.2, -0.15) is 13.2 Å². The Labute approximate surface area is 102 Å². The second-order valence-corrected chi connectivity index (χ2v) is 5.47. The summed E-state index contributed by atoms with van der Waals surface area (Å²) in [5.41, 5.74) is 0.414. The minimum absolute atomic E-state index is 0.140. The number of aliphatic hydroxyl groups is 1. The van der Waals surface area contributed by atoms with Gasteiger partial charge in [-0.05, 0) is 37.0 Å². The van der Waals surface area contributed by atoms with E-state index in [1.807, 2.05) is 0 Å². The first kappa shape index (κ1) is 12.8. The quantitative estimate of drug-likeness (QED) is 0.899. The minimum atomic E-state index is -4.27.